The van der Waals surface area contributed by atoms with Crippen molar-refractivity contribution in [2.45, 2.75) is 98.8 Å². The molecule has 7 aromatic rings. The van der Waals surface area contributed by atoms with Gasteiger partial charge in [0.15, 0.2) is 0 Å². The highest BCUT2D eigenvalue weighted by molar-refractivity contribution is 7.21. The van der Waals surface area contributed by atoms with Crippen LogP contribution >= 0.6 is 11.3 Å². The fraction of sp³-hybridized carbons (Fsp3) is 0.308. The number of nitrogens with zero attached hydrogens (tertiary/aromatic N) is 2. The molecule has 6 aromatic carbocycles. The molecular weight excluding hydrogens is 701 g/mol. The molecule has 1 aromatic heterocycles. The maximum atomic E-state index is 11.6. The summed E-state index contributed by atoms with van der Waals surface area (Å²) in [5.74, 6) is 0.921. The van der Waals surface area contributed by atoms with E-state index < -0.39 is 0 Å². The van der Waals surface area contributed by atoms with E-state index in [1.807, 2.05) is 6.21 Å². The van der Waals surface area contributed by atoms with Gasteiger partial charge in [0.1, 0.15) is 10.8 Å². The Morgan fingerprint density at radius 2 is 1.27 bits per heavy atom. The number of benzene rings is 6. The molecule has 0 unspecified atom stereocenters. The molecule has 0 amide bonds. The number of aliphatic imine (C=N–C) groups is 1. The van der Waals surface area contributed by atoms with Crippen LogP contribution in [0.1, 0.15) is 104 Å². The first-order valence-corrected chi connectivity index (χ1v) is 20.8. The van der Waals surface area contributed by atoms with Gasteiger partial charge in [0.25, 0.3) is 0 Å². The quantitative estimate of drug-likeness (QED) is 0.165. The second-order valence-corrected chi connectivity index (χ2v) is 19.9. The van der Waals surface area contributed by atoms with Crippen LogP contribution in [0.5, 0.6) is 5.75 Å². The molecule has 7 rings (SSSR count). The summed E-state index contributed by atoms with van der Waals surface area (Å²) in [6, 6.07) is 39.6. The molecule has 286 valence electrons. The van der Waals surface area contributed by atoms with E-state index in [1.54, 1.807) is 11.3 Å². The van der Waals surface area contributed by atoms with Gasteiger partial charge in [0, 0.05) is 33.9 Å². The molecule has 0 bridgehead atoms. The monoisotopic (exact) mass is 756 g/mol. The van der Waals surface area contributed by atoms with Gasteiger partial charge < -0.3 is 5.11 Å². The minimum atomic E-state index is -0.234. The van der Waals surface area contributed by atoms with Crippen molar-refractivity contribution in [3.05, 3.63) is 137 Å². The van der Waals surface area contributed by atoms with Crippen molar-refractivity contribution >= 4 is 44.2 Å². The highest BCUT2D eigenvalue weighted by Gasteiger charge is 2.25. The topological polar surface area (TPSA) is 45.5 Å². The summed E-state index contributed by atoms with van der Waals surface area (Å²) in [5.41, 5.74) is 12.6. The molecule has 0 aliphatic carbocycles. The summed E-state index contributed by atoms with van der Waals surface area (Å²) in [7, 11) is 0. The van der Waals surface area contributed by atoms with E-state index >= 15 is 0 Å². The number of aromatic hydroxyl groups is 1. The molecule has 0 radical (unpaired) electrons. The number of hydrogen-bond acceptors (Lipinski definition) is 4. The third-order valence-electron chi connectivity index (χ3n) is 10.8. The Balaban J connectivity index is 1.36. The Labute approximate surface area is 338 Å². The van der Waals surface area contributed by atoms with Crippen LogP contribution in [0.15, 0.2) is 114 Å². The normalized spacial score (nSPS) is 12.8. The fourth-order valence-corrected chi connectivity index (χ4v) is 8.46. The van der Waals surface area contributed by atoms with Gasteiger partial charge in [-0.05, 0) is 91.6 Å². The second kappa shape index (κ2) is 14.8. The molecule has 0 spiro atoms. The number of phenolic OH excluding ortho intramolecular Hbond substituents is 1. The maximum Gasteiger partial charge on any atom is 0.128 e. The van der Waals surface area contributed by atoms with E-state index in [0.29, 0.717) is 5.92 Å². The van der Waals surface area contributed by atoms with Crippen LogP contribution in [0.4, 0.5) is 5.69 Å². The van der Waals surface area contributed by atoms with E-state index in [4.69, 9.17) is 9.98 Å². The lowest BCUT2D eigenvalue weighted by atomic mass is 9.79. The first-order chi connectivity index (χ1) is 26.4. The smallest absolute Gasteiger partial charge is 0.128 e. The lowest BCUT2D eigenvalue weighted by Crippen LogP contribution is -2.17. The van der Waals surface area contributed by atoms with Crippen molar-refractivity contribution in [1.82, 2.24) is 4.98 Å². The molecule has 0 aliphatic rings. The molecule has 0 saturated heterocycles. The maximum absolute atomic E-state index is 11.6. The summed E-state index contributed by atoms with van der Waals surface area (Å²) < 4.78 is 1.15. The number of phenols is 1. The standard InChI is InChI=1S/C52H56N2OS/c1-32(2)26-33-16-18-34(19-17-33)35-20-22-37(23-21-35)43-28-40(51(6,7)8)30-45-47(43)54-49(56-45)42-25-24-36-14-12-13-15-41(36)46(42)53-31-38-27-39(50(3,4)5)29-44(48(38)55)52(9,10)11/h12-25,27-32,55H,26H2,1-11H3. The van der Waals surface area contributed by atoms with Crippen molar-refractivity contribution in [3.63, 3.8) is 0 Å². The lowest BCUT2D eigenvalue weighted by Gasteiger charge is -2.27. The third-order valence-corrected chi connectivity index (χ3v) is 11.8. The van der Waals surface area contributed by atoms with Crippen molar-refractivity contribution in [3.8, 4) is 38.6 Å². The average Bonchev–Trinajstić information content (AvgIpc) is 3.57. The van der Waals surface area contributed by atoms with E-state index in [1.165, 1.54) is 27.8 Å². The van der Waals surface area contributed by atoms with Crippen LogP contribution in [0.2, 0.25) is 0 Å². The molecular formula is C52H56N2OS. The molecule has 1 heterocycles. The Morgan fingerprint density at radius 3 is 1.89 bits per heavy atom. The summed E-state index contributed by atoms with van der Waals surface area (Å²) in [6.45, 7) is 24.4. The van der Waals surface area contributed by atoms with Crippen LogP contribution in [-0.2, 0) is 22.7 Å². The Morgan fingerprint density at radius 1 is 0.661 bits per heavy atom. The molecule has 4 heteroatoms. The van der Waals surface area contributed by atoms with Gasteiger partial charge in [-0.15, -0.1) is 11.3 Å². The largest absolute Gasteiger partial charge is 0.507 e. The number of fused-ring (bicyclic) bond motifs is 2. The second-order valence-electron chi connectivity index (χ2n) is 18.9. The zero-order valence-electron chi connectivity index (χ0n) is 35.0. The lowest BCUT2D eigenvalue weighted by molar-refractivity contribution is 0.444. The van der Waals surface area contributed by atoms with Gasteiger partial charge in [-0.25, -0.2) is 4.98 Å². The van der Waals surface area contributed by atoms with Crippen molar-refractivity contribution in [2.24, 2.45) is 10.9 Å². The van der Waals surface area contributed by atoms with Gasteiger partial charge in [-0.1, -0.05) is 161 Å². The van der Waals surface area contributed by atoms with Crippen LogP contribution in [0, 0.1) is 5.92 Å². The van der Waals surface area contributed by atoms with Crippen LogP contribution in [0.3, 0.4) is 0 Å². The summed E-state index contributed by atoms with van der Waals surface area (Å²) >= 11 is 1.72. The summed E-state index contributed by atoms with van der Waals surface area (Å²) in [6.07, 6.45) is 2.94. The average molecular weight is 757 g/mol. The number of rotatable bonds is 7. The highest BCUT2D eigenvalue weighted by Crippen LogP contribution is 2.44. The van der Waals surface area contributed by atoms with Crippen molar-refractivity contribution in [2.75, 3.05) is 0 Å². The van der Waals surface area contributed by atoms with E-state index in [0.717, 1.165) is 65.9 Å². The van der Waals surface area contributed by atoms with Gasteiger partial charge in [-0.3, -0.25) is 4.99 Å². The zero-order valence-corrected chi connectivity index (χ0v) is 35.8. The van der Waals surface area contributed by atoms with E-state index in [9.17, 15) is 5.11 Å². The SMILES string of the molecule is CC(C)Cc1ccc(-c2ccc(-c3cc(C(C)(C)C)cc4sc(-c5ccc6ccccc6c5N=Cc5cc(C(C)(C)C)cc(C(C)(C)C)c5O)nc34)cc2)cc1. The minimum absolute atomic E-state index is 0.0430. The molecule has 0 fully saturated rings. The first kappa shape index (κ1) is 39.2. The highest BCUT2D eigenvalue weighted by atomic mass is 32.1. The Hall–Kier alpha value is -5.06. The van der Waals surface area contributed by atoms with Gasteiger partial charge in [0.05, 0.1) is 15.9 Å². The number of thiazole rings is 1. The van der Waals surface area contributed by atoms with Crippen LogP contribution in [-0.4, -0.2) is 16.3 Å². The van der Waals surface area contributed by atoms with Gasteiger partial charge in [-0.2, -0.15) is 0 Å². The number of aromatic nitrogens is 1. The molecule has 0 atom stereocenters. The Bertz CT molecular complexity index is 2570. The molecule has 3 nitrogen and oxygen atoms in total. The molecule has 1 N–H and O–H groups in total. The predicted octanol–water partition coefficient (Wildman–Crippen LogP) is 15.0. The van der Waals surface area contributed by atoms with Crippen molar-refractivity contribution in [1.29, 1.82) is 0 Å². The van der Waals surface area contributed by atoms with Crippen LogP contribution in [0.25, 0.3) is 53.8 Å². The molecule has 0 aliphatic heterocycles. The molecule has 0 saturated carbocycles. The zero-order chi connectivity index (χ0) is 40.2. The number of hydrogen-bond donors (Lipinski definition) is 1. The minimum Gasteiger partial charge on any atom is -0.507 e. The fourth-order valence-electron chi connectivity index (χ4n) is 7.41. The Kier molecular flexibility index (Phi) is 10.3. The van der Waals surface area contributed by atoms with E-state index in [-0.39, 0.29) is 22.0 Å². The summed E-state index contributed by atoms with van der Waals surface area (Å²) in [4.78, 5) is 10.7. The summed E-state index contributed by atoms with van der Waals surface area (Å²) in [5, 5.41) is 14.7. The van der Waals surface area contributed by atoms with Crippen LogP contribution < -0.4 is 0 Å². The predicted molar refractivity (Wildman–Crippen MR) is 243 cm³/mol. The van der Waals surface area contributed by atoms with Crippen molar-refractivity contribution < 1.29 is 5.11 Å². The van der Waals surface area contributed by atoms with Gasteiger partial charge in [0.2, 0.25) is 0 Å². The first-order valence-electron chi connectivity index (χ1n) is 20.0. The van der Waals surface area contributed by atoms with Gasteiger partial charge >= 0.3 is 0 Å². The molecule has 56 heavy (non-hydrogen) atoms. The third kappa shape index (κ3) is 8.09. The van der Waals surface area contributed by atoms with E-state index in [2.05, 4.69) is 185 Å².